The van der Waals surface area contributed by atoms with Crippen molar-refractivity contribution in [2.75, 3.05) is 6.54 Å². The van der Waals surface area contributed by atoms with Crippen LogP contribution in [0.5, 0.6) is 0 Å². The van der Waals surface area contributed by atoms with Crippen LogP contribution in [0.3, 0.4) is 0 Å². The second-order valence-corrected chi connectivity index (χ2v) is 5.90. The average molecular weight is 289 g/mol. The van der Waals surface area contributed by atoms with E-state index in [9.17, 15) is 4.39 Å². The minimum absolute atomic E-state index is 0.162. The lowest BCUT2D eigenvalue weighted by Gasteiger charge is -2.11. The van der Waals surface area contributed by atoms with Crippen LogP contribution in [0, 0.1) is 12.7 Å². The highest BCUT2D eigenvalue weighted by Crippen LogP contribution is 2.32. The number of benzene rings is 2. The fourth-order valence-corrected chi connectivity index (χ4v) is 2.94. The van der Waals surface area contributed by atoms with Gasteiger partial charge in [0.05, 0.1) is 0 Å². The Morgan fingerprint density at radius 3 is 2.65 bits per heavy atom. The summed E-state index contributed by atoms with van der Waals surface area (Å²) in [5.74, 6) is -0.162. The molecule has 0 heterocycles. The molecule has 1 N–H and O–H groups in total. The first kappa shape index (κ1) is 15.1. The van der Waals surface area contributed by atoms with Gasteiger partial charge in [-0.25, -0.2) is 4.39 Å². The Morgan fingerprint density at radius 1 is 1.10 bits per heavy atom. The van der Waals surface area contributed by atoms with Gasteiger partial charge in [-0.1, -0.05) is 48.5 Å². The first-order chi connectivity index (χ1) is 9.70. The average Bonchev–Trinajstić information content (AvgIpc) is 2.44. The highest BCUT2D eigenvalue weighted by atomic mass is 32.2. The zero-order chi connectivity index (χ0) is 14.4. The maximum absolute atomic E-state index is 13.8. The number of halogens is 1. The Bertz CT molecular complexity index is 569. The van der Waals surface area contributed by atoms with Gasteiger partial charge in [-0.3, -0.25) is 0 Å². The summed E-state index contributed by atoms with van der Waals surface area (Å²) in [7, 11) is 0. The SMILES string of the molecule is CCCNCc1cc(C)ccc1Sc1ccccc1F. The number of aryl methyl sites for hydroxylation is 1. The highest BCUT2D eigenvalue weighted by Gasteiger charge is 2.08. The molecule has 0 saturated carbocycles. The van der Waals surface area contributed by atoms with Crippen molar-refractivity contribution in [3.05, 3.63) is 59.4 Å². The molecule has 0 bridgehead atoms. The molecule has 2 aromatic carbocycles. The van der Waals surface area contributed by atoms with Crippen LogP contribution in [0.15, 0.2) is 52.3 Å². The Labute approximate surface area is 124 Å². The molecule has 0 aliphatic heterocycles. The molecule has 0 aliphatic rings. The lowest BCUT2D eigenvalue weighted by atomic mass is 10.1. The van der Waals surface area contributed by atoms with Gasteiger partial charge in [-0.05, 0) is 43.7 Å². The van der Waals surface area contributed by atoms with Crippen molar-refractivity contribution in [2.45, 2.75) is 36.6 Å². The van der Waals surface area contributed by atoms with Gasteiger partial charge >= 0.3 is 0 Å². The van der Waals surface area contributed by atoms with Crippen molar-refractivity contribution in [1.82, 2.24) is 5.32 Å². The molecule has 0 radical (unpaired) electrons. The minimum atomic E-state index is -0.162. The third-order valence-corrected chi connectivity index (χ3v) is 4.18. The van der Waals surface area contributed by atoms with Crippen molar-refractivity contribution in [3.8, 4) is 0 Å². The standard InChI is InChI=1S/C17H20FNS/c1-3-10-19-12-14-11-13(2)8-9-16(14)20-17-7-5-4-6-15(17)18/h4-9,11,19H,3,10,12H2,1-2H3. The molecule has 0 unspecified atom stereocenters. The highest BCUT2D eigenvalue weighted by molar-refractivity contribution is 7.99. The Balaban J connectivity index is 2.20. The first-order valence-corrected chi connectivity index (χ1v) is 7.75. The summed E-state index contributed by atoms with van der Waals surface area (Å²) < 4.78 is 13.8. The van der Waals surface area contributed by atoms with E-state index in [-0.39, 0.29) is 5.82 Å². The van der Waals surface area contributed by atoms with Gasteiger partial charge in [0.25, 0.3) is 0 Å². The molecule has 3 heteroatoms. The summed E-state index contributed by atoms with van der Waals surface area (Å²) in [4.78, 5) is 1.79. The van der Waals surface area contributed by atoms with E-state index in [1.54, 1.807) is 6.07 Å². The van der Waals surface area contributed by atoms with Crippen LogP contribution in [0.4, 0.5) is 4.39 Å². The largest absolute Gasteiger partial charge is 0.313 e. The summed E-state index contributed by atoms with van der Waals surface area (Å²) in [5.41, 5.74) is 2.46. The third kappa shape index (κ3) is 4.09. The zero-order valence-corrected chi connectivity index (χ0v) is 12.8. The van der Waals surface area contributed by atoms with Gasteiger partial charge in [0.2, 0.25) is 0 Å². The molecule has 2 aromatic rings. The third-order valence-electron chi connectivity index (χ3n) is 3.01. The van der Waals surface area contributed by atoms with E-state index < -0.39 is 0 Å². The van der Waals surface area contributed by atoms with Crippen LogP contribution in [-0.2, 0) is 6.54 Å². The smallest absolute Gasteiger partial charge is 0.137 e. The van der Waals surface area contributed by atoms with E-state index in [2.05, 4.69) is 37.4 Å². The second-order valence-electron chi connectivity index (χ2n) is 4.82. The summed E-state index contributed by atoms with van der Waals surface area (Å²) in [6.45, 7) is 6.06. The van der Waals surface area contributed by atoms with E-state index in [0.29, 0.717) is 4.90 Å². The molecule has 0 aromatic heterocycles. The molecule has 0 saturated heterocycles. The van der Waals surface area contributed by atoms with Gasteiger partial charge in [-0.2, -0.15) is 0 Å². The van der Waals surface area contributed by atoms with Crippen molar-refractivity contribution in [2.24, 2.45) is 0 Å². The normalized spacial score (nSPS) is 10.8. The monoisotopic (exact) mass is 289 g/mol. The van der Waals surface area contributed by atoms with Crippen LogP contribution in [0.25, 0.3) is 0 Å². The number of rotatable bonds is 6. The quantitative estimate of drug-likeness (QED) is 0.768. The molecule has 0 spiro atoms. The van der Waals surface area contributed by atoms with Crippen LogP contribution in [-0.4, -0.2) is 6.54 Å². The first-order valence-electron chi connectivity index (χ1n) is 6.93. The molecule has 0 atom stereocenters. The lowest BCUT2D eigenvalue weighted by Crippen LogP contribution is -2.14. The summed E-state index contributed by atoms with van der Waals surface area (Å²) in [5, 5.41) is 3.41. The lowest BCUT2D eigenvalue weighted by molar-refractivity contribution is 0.602. The summed E-state index contributed by atoms with van der Waals surface area (Å²) >= 11 is 1.49. The van der Waals surface area contributed by atoms with Crippen LogP contribution in [0.2, 0.25) is 0 Å². The molecule has 20 heavy (non-hydrogen) atoms. The minimum Gasteiger partial charge on any atom is -0.313 e. The molecule has 1 nitrogen and oxygen atoms in total. The molecule has 0 fully saturated rings. The van der Waals surface area contributed by atoms with Crippen molar-refractivity contribution < 1.29 is 4.39 Å². The number of hydrogen-bond acceptors (Lipinski definition) is 2. The summed E-state index contributed by atoms with van der Waals surface area (Å²) in [6, 6.07) is 13.2. The Kier molecular flexibility index (Phi) is 5.62. The zero-order valence-electron chi connectivity index (χ0n) is 11.9. The van der Waals surface area contributed by atoms with Crippen molar-refractivity contribution in [1.29, 1.82) is 0 Å². The Hall–Kier alpha value is -1.32. The van der Waals surface area contributed by atoms with E-state index in [4.69, 9.17) is 0 Å². The van der Waals surface area contributed by atoms with E-state index >= 15 is 0 Å². The van der Waals surface area contributed by atoms with Crippen LogP contribution < -0.4 is 5.32 Å². The predicted octanol–water partition coefficient (Wildman–Crippen LogP) is 4.78. The summed E-state index contributed by atoms with van der Waals surface area (Å²) in [6.07, 6.45) is 1.11. The maximum Gasteiger partial charge on any atom is 0.137 e. The maximum atomic E-state index is 13.8. The molecule has 2 rings (SSSR count). The Morgan fingerprint density at radius 2 is 1.90 bits per heavy atom. The van der Waals surface area contributed by atoms with E-state index in [0.717, 1.165) is 24.4 Å². The number of hydrogen-bond donors (Lipinski definition) is 1. The predicted molar refractivity (Wildman–Crippen MR) is 83.7 cm³/mol. The van der Waals surface area contributed by atoms with Gasteiger partial charge in [0.1, 0.15) is 5.82 Å². The fourth-order valence-electron chi connectivity index (χ4n) is 1.99. The topological polar surface area (TPSA) is 12.0 Å². The van der Waals surface area contributed by atoms with Gasteiger partial charge in [0.15, 0.2) is 0 Å². The van der Waals surface area contributed by atoms with E-state index in [1.807, 2.05) is 12.1 Å². The molecular formula is C17H20FNS. The molecule has 106 valence electrons. The molecule has 0 amide bonds. The fraction of sp³-hybridized carbons (Fsp3) is 0.294. The molecular weight excluding hydrogens is 269 g/mol. The molecule has 0 aliphatic carbocycles. The van der Waals surface area contributed by atoms with Crippen molar-refractivity contribution >= 4 is 11.8 Å². The van der Waals surface area contributed by atoms with Crippen molar-refractivity contribution in [3.63, 3.8) is 0 Å². The van der Waals surface area contributed by atoms with Gasteiger partial charge in [0, 0.05) is 16.3 Å². The van der Waals surface area contributed by atoms with Gasteiger partial charge in [-0.15, -0.1) is 0 Å². The van der Waals surface area contributed by atoms with Crippen LogP contribution >= 0.6 is 11.8 Å². The van der Waals surface area contributed by atoms with Crippen LogP contribution in [0.1, 0.15) is 24.5 Å². The van der Waals surface area contributed by atoms with Gasteiger partial charge < -0.3 is 5.32 Å². The number of nitrogens with one attached hydrogen (secondary N) is 1. The second kappa shape index (κ2) is 7.46. The van der Waals surface area contributed by atoms with E-state index in [1.165, 1.54) is 29.0 Å².